The molecule has 0 bridgehead atoms. The summed E-state index contributed by atoms with van der Waals surface area (Å²) < 4.78 is 48.7. The largest absolute Gasteiger partial charge is 0.312 e. The summed E-state index contributed by atoms with van der Waals surface area (Å²) in [6, 6.07) is 6.71. The van der Waals surface area contributed by atoms with E-state index in [1.165, 1.54) is 4.90 Å². The van der Waals surface area contributed by atoms with E-state index in [9.17, 15) is 21.6 Å². The molecule has 1 amide bonds. The highest BCUT2D eigenvalue weighted by atomic mass is 32.2. The maximum Gasteiger partial charge on any atom is 0.242 e. The number of carbonyl (C=O) groups is 1. The molecule has 1 fully saturated rings. The molecule has 0 aromatic heterocycles. The molecule has 1 heterocycles. The van der Waals surface area contributed by atoms with Crippen molar-refractivity contribution in [2.75, 3.05) is 35.8 Å². The summed E-state index contributed by atoms with van der Waals surface area (Å²) in [5, 5.41) is 0. The summed E-state index contributed by atoms with van der Waals surface area (Å²) in [6.45, 7) is 3.75. The van der Waals surface area contributed by atoms with Crippen LogP contribution in [0.25, 0.3) is 0 Å². The zero-order chi connectivity index (χ0) is 18.8. The van der Waals surface area contributed by atoms with Crippen molar-refractivity contribution in [2.24, 2.45) is 0 Å². The zero-order valence-corrected chi connectivity index (χ0v) is 16.3. The molecule has 0 radical (unpaired) electrons. The Labute approximate surface area is 149 Å². The number of aryl methyl sites for hydroxylation is 1. The summed E-state index contributed by atoms with van der Waals surface area (Å²) in [4.78, 5) is 14.2. The monoisotopic (exact) mass is 388 g/mol. The predicted molar refractivity (Wildman–Crippen MR) is 97.8 cm³/mol. The summed E-state index contributed by atoms with van der Waals surface area (Å²) >= 11 is 0. The number of rotatable bonds is 6. The van der Waals surface area contributed by atoms with Crippen molar-refractivity contribution in [1.82, 2.24) is 4.31 Å². The molecule has 0 saturated carbocycles. The highest BCUT2D eigenvalue weighted by Gasteiger charge is 2.38. The fraction of sp³-hybridized carbons (Fsp3) is 0.562. The molecule has 9 heteroatoms. The maximum absolute atomic E-state index is 12.7. The molecule has 1 unspecified atom stereocenters. The molecular weight excluding hydrogens is 364 g/mol. The van der Waals surface area contributed by atoms with E-state index in [1.54, 1.807) is 6.07 Å². The van der Waals surface area contributed by atoms with Crippen molar-refractivity contribution in [2.45, 2.75) is 26.3 Å². The Bertz CT molecular complexity index is 849. The molecule has 140 valence electrons. The Morgan fingerprint density at radius 2 is 2.00 bits per heavy atom. The highest BCUT2D eigenvalue weighted by Crippen LogP contribution is 2.22. The van der Waals surface area contributed by atoms with Crippen LogP contribution < -0.4 is 4.90 Å². The standard InChI is InChI=1S/C16H24N2O5S2/c1-4-17(14-7-5-6-13(2)10-14)16(19)11-18(24(3,20)21)15-8-9-25(22,23)12-15/h5-7,10,15H,4,8-9,11-12H2,1-3H3. The lowest BCUT2D eigenvalue weighted by Gasteiger charge is -2.28. The summed E-state index contributed by atoms with van der Waals surface area (Å²) in [7, 11) is -6.96. The van der Waals surface area contributed by atoms with E-state index >= 15 is 0 Å². The number of likely N-dealkylation sites (N-methyl/N-ethyl adjacent to an activating group) is 1. The van der Waals surface area contributed by atoms with Gasteiger partial charge >= 0.3 is 0 Å². The topological polar surface area (TPSA) is 91.8 Å². The van der Waals surface area contributed by atoms with E-state index in [4.69, 9.17) is 0 Å². The lowest BCUT2D eigenvalue weighted by Crippen LogP contribution is -2.47. The average molecular weight is 389 g/mol. The second kappa shape index (κ2) is 7.43. The average Bonchev–Trinajstić information content (AvgIpc) is 2.84. The van der Waals surface area contributed by atoms with E-state index in [0.717, 1.165) is 16.1 Å². The molecule has 7 nitrogen and oxygen atoms in total. The van der Waals surface area contributed by atoms with Gasteiger partial charge in [-0.25, -0.2) is 16.8 Å². The van der Waals surface area contributed by atoms with Crippen LogP contribution in [0.4, 0.5) is 5.69 Å². The lowest BCUT2D eigenvalue weighted by atomic mass is 10.2. The quantitative estimate of drug-likeness (QED) is 0.719. The van der Waals surface area contributed by atoms with Gasteiger partial charge in [-0.05, 0) is 38.0 Å². The van der Waals surface area contributed by atoms with Gasteiger partial charge in [0, 0.05) is 18.3 Å². The van der Waals surface area contributed by atoms with Crippen LogP contribution in [-0.4, -0.2) is 63.9 Å². The van der Waals surface area contributed by atoms with E-state index in [0.29, 0.717) is 12.2 Å². The first-order valence-corrected chi connectivity index (χ1v) is 11.7. The van der Waals surface area contributed by atoms with E-state index < -0.39 is 25.9 Å². The first-order valence-electron chi connectivity index (χ1n) is 8.08. The minimum absolute atomic E-state index is 0.0484. The Kier molecular flexibility index (Phi) is 5.90. The van der Waals surface area contributed by atoms with E-state index in [1.807, 2.05) is 32.0 Å². The third-order valence-corrected chi connectivity index (χ3v) is 7.29. The van der Waals surface area contributed by atoms with Crippen LogP contribution in [0.1, 0.15) is 18.9 Å². The van der Waals surface area contributed by atoms with Crippen molar-refractivity contribution in [3.63, 3.8) is 0 Å². The van der Waals surface area contributed by atoms with Crippen molar-refractivity contribution in [3.05, 3.63) is 29.8 Å². The van der Waals surface area contributed by atoms with Crippen LogP contribution in [0, 0.1) is 6.92 Å². The van der Waals surface area contributed by atoms with Crippen LogP contribution in [0.3, 0.4) is 0 Å². The molecule has 25 heavy (non-hydrogen) atoms. The van der Waals surface area contributed by atoms with E-state index in [-0.39, 0.29) is 30.4 Å². The SMILES string of the molecule is CCN(C(=O)CN(C1CCS(=O)(=O)C1)S(C)(=O)=O)c1cccc(C)c1. The first-order chi connectivity index (χ1) is 11.5. The summed E-state index contributed by atoms with van der Waals surface area (Å²) in [6.07, 6.45) is 1.23. The van der Waals surface area contributed by atoms with Gasteiger partial charge in [0.2, 0.25) is 15.9 Å². The third kappa shape index (κ3) is 5.02. The van der Waals surface area contributed by atoms with Gasteiger partial charge in [-0.2, -0.15) is 4.31 Å². The van der Waals surface area contributed by atoms with Crippen LogP contribution in [-0.2, 0) is 24.7 Å². The number of amides is 1. The Morgan fingerprint density at radius 3 is 2.48 bits per heavy atom. The van der Waals surface area contributed by atoms with Crippen molar-refractivity contribution < 1.29 is 21.6 Å². The van der Waals surface area contributed by atoms with E-state index in [2.05, 4.69) is 0 Å². The number of hydrogen-bond donors (Lipinski definition) is 0. The Morgan fingerprint density at radius 1 is 1.32 bits per heavy atom. The molecule has 0 spiro atoms. The number of carbonyl (C=O) groups excluding carboxylic acids is 1. The van der Waals surface area contributed by atoms with Crippen molar-refractivity contribution in [3.8, 4) is 0 Å². The fourth-order valence-corrected chi connectivity index (χ4v) is 5.93. The van der Waals surface area contributed by atoms with Gasteiger partial charge < -0.3 is 4.90 Å². The van der Waals surface area contributed by atoms with Gasteiger partial charge in [0.1, 0.15) is 0 Å². The van der Waals surface area contributed by atoms with Gasteiger partial charge in [0.15, 0.2) is 9.84 Å². The molecular formula is C16H24N2O5S2. The summed E-state index contributed by atoms with van der Waals surface area (Å²) in [5.74, 6) is -0.653. The smallest absolute Gasteiger partial charge is 0.242 e. The molecule has 0 N–H and O–H groups in total. The van der Waals surface area contributed by atoms with Crippen molar-refractivity contribution >= 4 is 31.5 Å². The van der Waals surface area contributed by atoms with Crippen molar-refractivity contribution in [1.29, 1.82) is 0 Å². The number of benzene rings is 1. The van der Waals surface area contributed by atoms with Gasteiger partial charge in [-0.15, -0.1) is 0 Å². The number of sulfone groups is 1. The summed E-state index contributed by atoms with van der Waals surface area (Å²) in [5.41, 5.74) is 1.69. The molecule has 1 aromatic rings. The molecule has 1 aromatic carbocycles. The molecule has 0 aliphatic carbocycles. The van der Waals surface area contributed by atoms with Crippen LogP contribution in [0.5, 0.6) is 0 Å². The minimum Gasteiger partial charge on any atom is -0.312 e. The zero-order valence-electron chi connectivity index (χ0n) is 14.7. The first kappa shape index (κ1) is 19.9. The number of hydrogen-bond acceptors (Lipinski definition) is 5. The highest BCUT2D eigenvalue weighted by molar-refractivity contribution is 7.92. The van der Waals surface area contributed by atoms with Crippen LogP contribution >= 0.6 is 0 Å². The molecule has 1 aliphatic heterocycles. The molecule has 1 aliphatic rings. The Balaban J connectivity index is 2.24. The third-order valence-electron chi connectivity index (χ3n) is 4.26. The van der Waals surface area contributed by atoms with Gasteiger partial charge in [0.25, 0.3) is 0 Å². The van der Waals surface area contributed by atoms with Gasteiger partial charge in [-0.1, -0.05) is 12.1 Å². The maximum atomic E-state index is 12.7. The lowest BCUT2D eigenvalue weighted by molar-refractivity contribution is -0.119. The second-order valence-corrected chi connectivity index (χ2v) is 10.5. The van der Waals surface area contributed by atoms with Gasteiger partial charge in [0.05, 0.1) is 24.3 Å². The molecule has 2 rings (SSSR count). The number of nitrogens with zero attached hydrogens (tertiary/aromatic N) is 2. The predicted octanol–water partition coefficient (Wildman–Crippen LogP) is 0.797. The number of sulfonamides is 1. The normalized spacial score (nSPS) is 19.9. The van der Waals surface area contributed by atoms with Crippen LogP contribution in [0.2, 0.25) is 0 Å². The molecule has 1 saturated heterocycles. The molecule has 1 atom stereocenters. The van der Waals surface area contributed by atoms with Crippen LogP contribution in [0.15, 0.2) is 24.3 Å². The fourth-order valence-electron chi connectivity index (χ4n) is 3.04. The number of anilines is 1. The minimum atomic E-state index is -3.70. The Hall–Kier alpha value is -1.45. The van der Waals surface area contributed by atoms with Gasteiger partial charge in [-0.3, -0.25) is 4.79 Å². The second-order valence-electron chi connectivity index (χ2n) is 6.34.